The second-order valence-corrected chi connectivity index (χ2v) is 6.16. The quantitative estimate of drug-likeness (QED) is 0.569. The van der Waals surface area contributed by atoms with E-state index >= 15 is 0 Å². The molecule has 2 heterocycles. The van der Waals surface area contributed by atoms with Crippen LogP contribution >= 0.6 is 0 Å². The third-order valence-electron chi connectivity index (χ3n) is 4.24. The van der Waals surface area contributed by atoms with Crippen LogP contribution in [0.5, 0.6) is 5.75 Å². The Hall–Kier alpha value is -3.23. The fourth-order valence-corrected chi connectivity index (χ4v) is 2.84. The van der Waals surface area contributed by atoms with Gasteiger partial charge in [-0.05, 0) is 47.5 Å². The molecular weight excluding hydrogens is 346 g/mol. The molecule has 3 rings (SSSR count). The number of carbonyl (C=O) groups excluding carboxylic acids is 1. The van der Waals surface area contributed by atoms with Crippen LogP contribution in [0.4, 0.5) is 0 Å². The van der Waals surface area contributed by atoms with E-state index in [9.17, 15) is 4.79 Å². The average Bonchev–Trinajstić information content (AvgIpc) is 3.35. The lowest BCUT2D eigenvalue weighted by atomic mass is 10.0. The van der Waals surface area contributed by atoms with Crippen molar-refractivity contribution in [2.24, 2.45) is 0 Å². The third kappa shape index (κ3) is 4.90. The van der Waals surface area contributed by atoms with E-state index in [1.807, 2.05) is 41.2 Å². The van der Waals surface area contributed by atoms with E-state index < -0.39 is 6.04 Å². The van der Waals surface area contributed by atoms with Crippen LogP contribution in [0.15, 0.2) is 42.7 Å². The molecule has 0 aliphatic rings. The van der Waals surface area contributed by atoms with Crippen LogP contribution in [0.1, 0.15) is 23.9 Å². The highest BCUT2D eigenvalue weighted by Gasteiger charge is 2.24. The summed E-state index contributed by atoms with van der Waals surface area (Å²) in [6.45, 7) is 3.08. The molecule has 1 amide bonds. The molecule has 1 atom stereocenters. The lowest BCUT2D eigenvalue weighted by Crippen LogP contribution is -2.35. The molecule has 0 radical (unpaired) electrons. The van der Waals surface area contributed by atoms with Gasteiger partial charge in [-0.1, -0.05) is 12.1 Å². The Morgan fingerprint density at radius 1 is 1.33 bits per heavy atom. The smallest absolute Gasteiger partial charge is 0.245 e. The second-order valence-electron chi connectivity index (χ2n) is 6.16. The molecule has 9 heteroatoms. The summed E-state index contributed by atoms with van der Waals surface area (Å²) >= 11 is 0. The highest BCUT2D eigenvalue weighted by molar-refractivity contribution is 5.80. The van der Waals surface area contributed by atoms with Crippen LogP contribution < -0.4 is 10.1 Å². The highest BCUT2D eigenvalue weighted by Crippen LogP contribution is 2.19. The number of aryl methyl sites for hydroxylation is 2. The van der Waals surface area contributed by atoms with Crippen LogP contribution in [0.2, 0.25) is 0 Å². The molecule has 9 nitrogen and oxygen atoms in total. The van der Waals surface area contributed by atoms with Gasteiger partial charge in [0.25, 0.3) is 0 Å². The van der Waals surface area contributed by atoms with Crippen molar-refractivity contribution in [1.29, 1.82) is 0 Å². The van der Waals surface area contributed by atoms with Crippen LogP contribution in [-0.2, 0) is 17.8 Å². The summed E-state index contributed by atoms with van der Waals surface area (Å²) in [5.41, 5.74) is 0.973. The van der Waals surface area contributed by atoms with E-state index in [0.717, 1.165) is 24.3 Å². The van der Waals surface area contributed by atoms with Crippen molar-refractivity contribution in [2.75, 3.05) is 13.7 Å². The number of hydrogen-bond donors (Lipinski definition) is 1. The second kappa shape index (κ2) is 8.93. The molecule has 142 valence electrons. The van der Waals surface area contributed by atoms with Gasteiger partial charge >= 0.3 is 0 Å². The first-order valence-corrected chi connectivity index (χ1v) is 8.80. The third-order valence-corrected chi connectivity index (χ3v) is 4.24. The zero-order valence-electron chi connectivity index (χ0n) is 15.4. The lowest BCUT2D eigenvalue weighted by molar-refractivity contribution is -0.124. The zero-order chi connectivity index (χ0) is 19.1. The Morgan fingerprint density at radius 2 is 2.22 bits per heavy atom. The van der Waals surface area contributed by atoms with Crippen LogP contribution in [-0.4, -0.2) is 49.5 Å². The van der Waals surface area contributed by atoms with Crippen LogP contribution in [0, 0.1) is 6.92 Å². The summed E-state index contributed by atoms with van der Waals surface area (Å²) in [6, 6.07) is 8.99. The van der Waals surface area contributed by atoms with Gasteiger partial charge < -0.3 is 10.1 Å². The molecule has 1 unspecified atom stereocenters. The Bertz CT molecular complexity index is 860. The van der Waals surface area contributed by atoms with E-state index in [0.29, 0.717) is 18.8 Å². The topological polar surface area (TPSA) is 99.8 Å². The molecule has 1 aromatic carbocycles. The first kappa shape index (κ1) is 18.6. The first-order valence-electron chi connectivity index (χ1n) is 8.80. The van der Waals surface area contributed by atoms with Crippen molar-refractivity contribution in [2.45, 2.75) is 32.4 Å². The summed E-state index contributed by atoms with van der Waals surface area (Å²) in [4.78, 5) is 12.8. The number of nitrogens with zero attached hydrogens (tertiary/aromatic N) is 6. The van der Waals surface area contributed by atoms with E-state index in [1.54, 1.807) is 24.9 Å². The molecule has 0 aliphatic heterocycles. The highest BCUT2D eigenvalue weighted by atomic mass is 16.5. The maximum absolute atomic E-state index is 12.8. The van der Waals surface area contributed by atoms with Crippen molar-refractivity contribution in [3.05, 3.63) is 54.1 Å². The van der Waals surface area contributed by atoms with E-state index in [4.69, 9.17) is 4.74 Å². The summed E-state index contributed by atoms with van der Waals surface area (Å²) < 4.78 is 8.67. The minimum Gasteiger partial charge on any atom is -0.497 e. The zero-order valence-corrected chi connectivity index (χ0v) is 15.4. The Labute approximate surface area is 157 Å². The number of hydrogen-bond acceptors (Lipinski definition) is 6. The minimum absolute atomic E-state index is 0.117. The fourth-order valence-electron chi connectivity index (χ4n) is 2.84. The number of amides is 1. The summed E-state index contributed by atoms with van der Waals surface area (Å²) in [5.74, 6) is 1.22. The van der Waals surface area contributed by atoms with Crippen molar-refractivity contribution in [1.82, 2.24) is 35.3 Å². The van der Waals surface area contributed by atoms with E-state index in [1.165, 1.54) is 0 Å². The van der Waals surface area contributed by atoms with Crippen LogP contribution in [0.3, 0.4) is 0 Å². The van der Waals surface area contributed by atoms with Crippen molar-refractivity contribution < 1.29 is 9.53 Å². The molecule has 27 heavy (non-hydrogen) atoms. The average molecular weight is 369 g/mol. The first-order chi connectivity index (χ1) is 13.2. The predicted molar refractivity (Wildman–Crippen MR) is 98.1 cm³/mol. The largest absolute Gasteiger partial charge is 0.497 e. The maximum atomic E-state index is 12.8. The Kier molecular flexibility index (Phi) is 6.14. The maximum Gasteiger partial charge on any atom is 0.245 e. The van der Waals surface area contributed by atoms with Gasteiger partial charge in [-0.15, -0.1) is 5.10 Å². The number of nitrogens with one attached hydrogen (secondary N) is 1. The SMILES string of the molecule is COc1cccc(CC(C(=O)NCCCn2cccn2)n2nnnc2C)c1. The molecule has 2 aromatic heterocycles. The molecule has 0 aliphatic carbocycles. The number of methoxy groups -OCH3 is 1. The Balaban J connectivity index is 1.65. The molecule has 0 fully saturated rings. The molecule has 0 saturated heterocycles. The van der Waals surface area contributed by atoms with Gasteiger partial charge in [-0.25, -0.2) is 4.68 Å². The van der Waals surface area contributed by atoms with Crippen molar-refractivity contribution >= 4 is 5.91 Å². The summed E-state index contributed by atoms with van der Waals surface area (Å²) in [5, 5.41) is 18.7. The van der Waals surface area contributed by atoms with Gasteiger partial charge in [0, 0.05) is 31.9 Å². The Morgan fingerprint density at radius 3 is 2.93 bits per heavy atom. The normalized spacial score (nSPS) is 11.9. The summed E-state index contributed by atoms with van der Waals surface area (Å²) in [6.07, 6.45) is 4.89. The van der Waals surface area contributed by atoms with Gasteiger partial charge in [0.2, 0.25) is 5.91 Å². The number of carbonyl (C=O) groups is 1. The van der Waals surface area contributed by atoms with Gasteiger partial charge in [-0.2, -0.15) is 5.10 Å². The molecule has 0 bridgehead atoms. The van der Waals surface area contributed by atoms with Gasteiger partial charge in [0.15, 0.2) is 0 Å². The molecule has 0 spiro atoms. The van der Waals surface area contributed by atoms with Crippen molar-refractivity contribution in [3.8, 4) is 5.75 Å². The standard InChI is InChI=1S/C18H23N7O2/c1-14-21-22-23-25(14)17(13-15-6-3-7-16(12-15)27-2)18(26)19-8-4-10-24-11-5-9-20-24/h3,5-7,9,11-12,17H,4,8,10,13H2,1-2H3,(H,19,26). The number of benzene rings is 1. The van der Waals surface area contributed by atoms with Crippen molar-refractivity contribution in [3.63, 3.8) is 0 Å². The van der Waals surface area contributed by atoms with E-state index in [2.05, 4.69) is 25.9 Å². The lowest BCUT2D eigenvalue weighted by Gasteiger charge is -2.18. The van der Waals surface area contributed by atoms with Gasteiger partial charge in [0.05, 0.1) is 7.11 Å². The monoisotopic (exact) mass is 369 g/mol. The van der Waals surface area contributed by atoms with E-state index in [-0.39, 0.29) is 5.91 Å². The molecule has 0 saturated carbocycles. The number of rotatable bonds is 9. The minimum atomic E-state index is -0.531. The molecular formula is C18H23N7O2. The number of aromatic nitrogens is 6. The fraction of sp³-hybridized carbons (Fsp3) is 0.389. The molecule has 3 aromatic rings. The predicted octanol–water partition coefficient (Wildman–Crippen LogP) is 1.18. The number of ether oxygens (including phenoxy) is 1. The van der Waals surface area contributed by atoms with Crippen LogP contribution in [0.25, 0.3) is 0 Å². The van der Waals surface area contributed by atoms with Gasteiger partial charge in [-0.3, -0.25) is 9.48 Å². The number of tetrazole rings is 1. The molecule has 1 N–H and O–H groups in total. The summed E-state index contributed by atoms with van der Waals surface area (Å²) in [7, 11) is 1.62. The van der Waals surface area contributed by atoms with Gasteiger partial charge in [0.1, 0.15) is 17.6 Å².